The van der Waals surface area contributed by atoms with Gasteiger partial charge in [-0.1, -0.05) is 31.5 Å². The first-order chi connectivity index (χ1) is 8.47. The molecule has 18 heavy (non-hydrogen) atoms. The summed E-state index contributed by atoms with van der Waals surface area (Å²) >= 11 is 5.69. The van der Waals surface area contributed by atoms with Crippen molar-refractivity contribution in [3.8, 4) is 0 Å². The lowest BCUT2D eigenvalue weighted by Gasteiger charge is -2.10. The maximum atomic E-state index is 10.6. The van der Waals surface area contributed by atoms with Gasteiger partial charge in [0.15, 0.2) is 0 Å². The molecule has 0 bridgehead atoms. The summed E-state index contributed by atoms with van der Waals surface area (Å²) in [4.78, 5) is 14.0. The summed E-state index contributed by atoms with van der Waals surface area (Å²) in [5.74, 6) is 0.420. The molecule has 1 N–H and O–H groups in total. The number of hydrogen-bond acceptors (Lipinski definition) is 4. The van der Waals surface area contributed by atoms with Crippen molar-refractivity contribution in [1.29, 1.82) is 0 Å². The molecule has 0 spiro atoms. The van der Waals surface area contributed by atoms with Crippen LogP contribution in [0.25, 0.3) is 0 Å². The Hall–Kier alpha value is -1.62. The van der Waals surface area contributed by atoms with Gasteiger partial charge in [-0.05, 0) is 17.5 Å². The fourth-order valence-corrected chi connectivity index (χ4v) is 1.46. The summed E-state index contributed by atoms with van der Waals surface area (Å²) in [5.41, 5.74) is 1.45. The van der Waals surface area contributed by atoms with E-state index in [-0.39, 0.29) is 0 Å². The molecule has 0 amide bonds. The molecular weight excluding hydrogens is 254 g/mol. The average molecular weight is 270 g/mol. The molecule has 0 radical (unpaired) electrons. The number of nitrogens with zero attached hydrogens (tertiary/aromatic N) is 2. The van der Waals surface area contributed by atoms with Gasteiger partial charge in [-0.15, -0.1) is 0 Å². The van der Waals surface area contributed by atoms with Crippen LogP contribution in [0.5, 0.6) is 0 Å². The number of aromatic nitrogens is 1. The number of allylic oxidation sites excluding steroid dienone is 1. The van der Waals surface area contributed by atoms with Gasteiger partial charge in [-0.2, -0.15) is 0 Å². The van der Waals surface area contributed by atoms with Gasteiger partial charge in [-0.25, -0.2) is 4.98 Å². The van der Waals surface area contributed by atoms with Crippen LogP contribution in [0, 0.1) is 16.0 Å². The Bertz CT molecular complexity index is 429. The van der Waals surface area contributed by atoms with Crippen molar-refractivity contribution in [2.45, 2.75) is 20.3 Å². The van der Waals surface area contributed by atoms with E-state index >= 15 is 0 Å². The molecule has 6 heteroatoms. The zero-order chi connectivity index (χ0) is 13.5. The number of halogens is 1. The van der Waals surface area contributed by atoms with Gasteiger partial charge in [0.05, 0.1) is 10.6 Å². The highest BCUT2D eigenvalue weighted by molar-refractivity contribution is 6.29. The molecule has 0 aliphatic heterocycles. The minimum absolute atomic E-state index is 0.411. The van der Waals surface area contributed by atoms with E-state index in [9.17, 15) is 10.1 Å². The normalized spacial score (nSPS) is 11.7. The summed E-state index contributed by atoms with van der Waals surface area (Å²) in [6.45, 7) is 4.78. The molecule has 0 saturated carbocycles. The third-order valence-corrected chi connectivity index (χ3v) is 2.41. The van der Waals surface area contributed by atoms with E-state index in [1.54, 1.807) is 18.3 Å². The number of nitro groups is 1. The third-order valence-electron chi connectivity index (χ3n) is 2.18. The summed E-state index contributed by atoms with van der Waals surface area (Å²) < 4.78 is 0. The second kappa shape index (κ2) is 6.96. The lowest BCUT2D eigenvalue weighted by atomic mass is 10.1. The number of hydrogen-bond donors (Lipinski definition) is 1. The van der Waals surface area contributed by atoms with E-state index < -0.39 is 4.92 Å². The van der Waals surface area contributed by atoms with Crippen molar-refractivity contribution in [2.75, 3.05) is 6.54 Å². The molecule has 5 nitrogen and oxygen atoms in total. The number of nitrogens with one attached hydrogen (secondary N) is 1. The van der Waals surface area contributed by atoms with E-state index in [0.29, 0.717) is 29.7 Å². The van der Waals surface area contributed by atoms with Gasteiger partial charge in [0, 0.05) is 19.2 Å². The van der Waals surface area contributed by atoms with Crippen LogP contribution in [0.2, 0.25) is 5.15 Å². The van der Waals surface area contributed by atoms with Crippen LogP contribution in [0.15, 0.2) is 30.2 Å². The fraction of sp³-hybridized carbons (Fsp3) is 0.417. The lowest BCUT2D eigenvalue weighted by Crippen LogP contribution is -2.21. The molecular formula is C12H16ClN3O2. The second-order valence-corrected chi connectivity index (χ2v) is 4.77. The molecule has 1 aromatic rings. The van der Waals surface area contributed by atoms with Crippen molar-refractivity contribution in [1.82, 2.24) is 10.3 Å². The Morgan fingerprint density at radius 3 is 2.83 bits per heavy atom. The van der Waals surface area contributed by atoms with Crippen molar-refractivity contribution in [3.63, 3.8) is 0 Å². The summed E-state index contributed by atoms with van der Waals surface area (Å²) in [6, 6.07) is 3.48. The van der Waals surface area contributed by atoms with Crippen LogP contribution < -0.4 is 5.32 Å². The Morgan fingerprint density at radius 1 is 1.61 bits per heavy atom. The Labute approximate surface area is 111 Å². The van der Waals surface area contributed by atoms with E-state index in [1.165, 1.54) is 0 Å². The molecule has 0 unspecified atom stereocenters. The highest BCUT2D eigenvalue weighted by atomic mass is 35.5. The van der Waals surface area contributed by atoms with Crippen LogP contribution in [-0.4, -0.2) is 16.5 Å². The van der Waals surface area contributed by atoms with Crippen molar-refractivity contribution < 1.29 is 4.92 Å². The van der Waals surface area contributed by atoms with Crippen LogP contribution >= 0.6 is 11.6 Å². The SMILES string of the molecule is CC(C)CNC(=C[N+](=O)[O-])Cc1ccc(Cl)nc1. The van der Waals surface area contributed by atoms with Crippen molar-refractivity contribution >= 4 is 11.6 Å². The molecule has 1 rings (SSSR count). The smallest absolute Gasteiger partial charge is 0.253 e. The summed E-state index contributed by atoms with van der Waals surface area (Å²) in [7, 11) is 0. The van der Waals surface area contributed by atoms with Crippen molar-refractivity contribution in [2.24, 2.45) is 5.92 Å². The highest BCUT2D eigenvalue weighted by Crippen LogP contribution is 2.09. The number of rotatable bonds is 6. The predicted octanol–water partition coefficient (Wildman–Crippen LogP) is 2.64. The van der Waals surface area contributed by atoms with Crippen LogP contribution in [0.4, 0.5) is 0 Å². The second-order valence-electron chi connectivity index (χ2n) is 4.38. The van der Waals surface area contributed by atoms with Gasteiger partial charge in [0.2, 0.25) is 0 Å². The van der Waals surface area contributed by atoms with Gasteiger partial charge in [0.25, 0.3) is 6.20 Å². The molecule has 0 atom stereocenters. The molecule has 98 valence electrons. The maximum Gasteiger partial charge on any atom is 0.253 e. The first-order valence-corrected chi connectivity index (χ1v) is 6.03. The van der Waals surface area contributed by atoms with Crippen LogP contribution in [0.3, 0.4) is 0 Å². The van der Waals surface area contributed by atoms with E-state index in [0.717, 1.165) is 11.8 Å². The molecule has 0 aromatic carbocycles. The Morgan fingerprint density at radius 2 is 2.33 bits per heavy atom. The van der Waals surface area contributed by atoms with Gasteiger partial charge in [0.1, 0.15) is 5.15 Å². The third kappa shape index (κ3) is 5.63. The zero-order valence-electron chi connectivity index (χ0n) is 10.4. The van der Waals surface area contributed by atoms with Gasteiger partial charge in [-0.3, -0.25) is 10.1 Å². The maximum absolute atomic E-state index is 10.6. The van der Waals surface area contributed by atoms with E-state index in [2.05, 4.69) is 10.3 Å². The average Bonchev–Trinajstić information content (AvgIpc) is 2.28. The van der Waals surface area contributed by atoms with E-state index in [1.807, 2.05) is 13.8 Å². The minimum Gasteiger partial charge on any atom is -0.383 e. The minimum atomic E-state index is -0.452. The number of pyridine rings is 1. The van der Waals surface area contributed by atoms with E-state index in [4.69, 9.17) is 11.6 Å². The van der Waals surface area contributed by atoms with Gasteiger partial charge >= 0.3 is 0 Å². The summed E-state index contributed by atoms with van der Waals surface area (Å²) in [5, 5.41) is 14.0. The quantitative estimate of drug-likeness (QED) is 0.490. The topological polar surface area (TPSA) is 68.1 Å². The first-order valence-electron chi connectivity index (χ1n) is 5.66. The monoisotopic (exact) mass is 269 g/mol. The van der Waals surface area contributed by atoms with Crippen LogP contribution in [-0.2, 0) is 6.42 Å². The molecule has 1 aromatic heterocycles. The lowest BCUT2D eigenvalue weighted by molar-refractivity contribution is -0.403. The molecule has 0 fully saturated rings. The Balaban J connectivity index is 2.72. The molecule has 0 aliphatic rings. The first kappa shape index (κ1) is 14.4. The molecule has 1 heterocycles. The largest absolute Gasteiger partial charge is 0.383 e. The van der Waals surface area contributed by atoms with Crippen molar-refractivity contribution in [3.05, 3.63) is 51.1 Å². The molecule has 0 aliphatic carbocycles. The highest BCUT2D eigenvalue weighted by Gasteiger charge is 2.06. The standard InChI is InChI=1S/C12H16ClN3O2/c1-9(2)6-14-11(8-16(17)18)5-10-3-4-12(13)15-7-10/h3-4,7-9,14H,5-6H2,1-2H3. The predicted molar refractivity (Wildman–Crippen MR) is 70.9 cm³/mol. The molecule has 0 saturated heterocycles. The summed E-state index contributed by atoms with van der Waals surface area (Å²) in [6.07, 6.45) is 3.06. The van der Waals surface area contributed by atoms with Crippen LogP contribution in [0.1, 0.15) is 19.4 Å². The fourth-order valence-electron chi connectivity index (χ4n) is 1.35. The zero-order valence-corrected chi connectivity index (χ0v) is 11.1. The van der Waals surface area contributed by atoms with Gasteiger partial charge < -0.3 is 5.32 Å². The Kier molecular flexibility index (Phi) is 5.58.